The van der Waals surface area contributed by atoms with Crippen LogP contribution in [0.15, 0.2) is 61.2 Å². The Hall–Kier alpha value is -3.48. The van der Waals surface area contributed by atoms with E-state index in [9.17, 15) is 13.6 Å². The number of anilines is 1. The van der Waals surface area contributed by atoms with Crippen LogP contribution in [-0.2, 0) is 23.7 Å². The molecule has 0 aliphatic heterocycles. The van der Waals surface area contributed by atoms with Gasteiger partial charge >= 0.3 is 11.7 Å². The van der Waals surface area contributed by atoms with E-state index in [1.54, 1.807) is 30.3 Å². The summed E-state index contributed by atoms with van der Waals surface area (Å²) in [4.78, 5) is 17.5. The number of amides is 1. The number of rotatable bonds is 9. The van der Waals surface area contributed by atoms with Crippen LogP contribution in [0.25, 0.3) is 5.69 Å². The van der Waals surface area contributed by atoms with Crippen molar-refractivity contribution in [3.8, 4) is 5.69 Å². The minimum absolute atomic E-state index is 0. The Kier molecular flexibility index (Phi) is 12.4. The lowest BCUT2D eigenvalue weighted by molar-refractivity contribution is -0.412. The molecule has 0 bridgehead atoms. The lowest BCUT2D eigenvalue weighted by Crippen LogP contribution is -3.00. The van der Waals surface area contributed by atoms with Crippen molar-refractivity contribution in [2.75, 3.05) is 11.9 Å². The zero-order chi connectivity index (χ0) is 24.8. The Bertz CT molecular complexity index is 1310. The lowest BCUT2D eigenvalue weighted by Gasteiger charge is -2.12. The second-order valence-electron chi connectivity index (χ2n) is 7.48. The maximum Gasteiger partial charge on any atom is 0.365 e. The molecule has 0 spiro atoms. The fraction of sp³-hybridized carbons (Fsp3) is 0.217. The van der Waals surface area contributed by atoms with Crippen molar-refractivity contribution in [3.05, 3.63) is 88.8 Å². The molecule has 3 heterocycles. The molecule has 0 unspecified atom stereocenters. The third-order valence-corrected chi connectivity index (χ3v) is 5.44. The van der Waals surface area contributed by atoms with E-state index in [1.807, 2.05) is 0 Å². The van der Waals surface area contributed by atoms with Gasteiger partial charge in [0.15, 0.2) is 12.7 Å². The Morgan fingerprint density at radius 3 is 2.53 bits per heavy atom. The molecule has 0 fully saturated rings. The van der Waals surface area contributed by atoms with E-state index in [2.05, 4.69) is 36.1 Å². The predicted molar refractivity (Wildman–Crippen MR) is 125 cm³/mol. The van der Waals surface area contributed by atoms with Crippen LogP contribution >= 0.6 is 11.6 Å². The number of aromatic amines is 2. The number of alkyl halides is 2. The Labute approximate surface area is 234 Å². The summed E-state index contributed by atoms with van der Waals surface area (Å²) >= 11 is 6.08. The normalized spacial score (nSPS) is 10.4. The standard InChI is InChI=1S/C22H18ClF3N8O.CH4.2ClH/c23-16-11-29-21(30-12-22(25,26)18-7-3-4-8-27-18)20(24)15(16)9-19(35)28-10-14-5-1-2-6-17(14)34-13-31-32-33-34;;;/h1-8,11,13H,9-10,12H2,(H,28,35)(H,29,30);1H4;2*1H. The van der Waals surface area contributed by atoms with E-state index >= 15 is 4.39 Å². The number of benzene rings is 1. The van der Waals surface area contributed by atoms with Crippen LogP contribution in [0.3, 0.4) is 0 Å². The van der Waals surface area contributed by atoms with Crippen LogP contribution in [0.1, 0.15) is 24.2 Å². The van der Waals surface area contributed by atoms with Gasteiger partial charge in [0.1, 0.15) is 12.5 Å². The number of hydrogen-bond donors (Lipinski definition) is 2. The Morgan fingerprint density at radius 1 is 1.11 bits per heavy atom. The maximum absolute atomic E-state index is 15.0. The summed E-state index contributed by atoms with van der Waals surface area (Å²) in [5, 5.41) is 16.1. The highest BCUT2D eigenvalue weighted by atomic mass is 35.5. The fourth-order valence-electron chi connectivity index (χ4n) is 3.32. The molecule has 38 heavy (non-hydrogen) atoms. The molecule has 1 aromatic carbocycles. The van der Waals surface area contributed by atoms with Crippen molar-refractivity contribution in [2.45, 2.75) is 26.3 Å². The summed E-state index contributed by atoms with van der Waals surface area (Å²) in [5.74, 6) is -5.05. The van der Waals surface area contributed by atoms with Gasteiger partial charge in [-0.1, -0.05) is 37.2 Å². The number of nitrogens with zero attached hydrogens (tertiary/aromatic N) is 4. The number of tetrazole rings is 1. The molecule has 15 heteroatoms. The fourth-order valence-corrected chi connectivity index (χ4v) is 3.52. The number of nitrogens with one attached hydrogen (secondary N) is 4. The molecule has 0 aliphatic carbocycles. The first-order chi connectivity index (χ1) is 16.8. The molecule has 0 radical (unpaired) electrons. The highest BCUT2D eigenvalue weighted by Gasteiger charge is 2.40. The highest BCUT2D eigenvalue weighted by molar-refractivity contribution is 6.31. The minimum Gasteiger partial charge on any atom is -1.00 e. The van der Waals surface area contributed by atoms with Gasteiger partial charge in [0.05, 0.1) is 17.1 Å². The minimum atomic E-state index is -3.30. The number of aromatic nitrogens is 6. The number of hydrogen-bond acceptors (Lipinski definition) is 5. The van der Waals surface area contributed by atoms with Gasteiger partial charge in [0.2, 0.25) is 11.7 Å². The van der Waals surface area contributed by atoms with Gasteiger partial charge in [0.25, 0.3) is 5.69 Å². The molecular weight excluding hydrogens is 568 g/mol. The Balaban J connectivity index is 0.00000241. The van der Waals surface area contributed by atoms with Crippen molar-refractivity contribution in [3.63, 3.8) is 0 Å². The van der Waals surface area contributed by atoms with Crippen LogP contribution in [0.2, 0.25) is 5.02 Å². The third-order valence-electron chi connectivity index (χ3n) is 5.11. The topological polar surface area (TPSA) is 113 Å². The summed E-state index contributed by atoms with van der Waals surface area (Å²) in [7, 11) is 0. The van der Waals surface area contributed by atoms with Crippen molar-refractivity contribution >= 4 is 23.3 Å². The van der Waals surface area contributed by atoms with Crippen LogP contribution < -0.4 is 45.4 Å². The van der Waals surface area contributed by atoms with Crippen molar-refractivity contribution in [2.24, 2.45) is 0 Å². The van der Waals surface area contributed by atoms with Crippen molar-refractivity contribution in [1.29, 1.82) is 0 Å². The van der Waals surface area contributed by atoms with Crippen LogP contribution in [0.5, 0.6) is 0 Å². The number of carbonyl (C=O) groups is 1. The predicted octanol–water partition coefficient (Wildman–Crippen LogP) is -3.21. The van der Waals surface area contributed by atoms with Gasteiger partial charge in [-0.25, -0.2) is 14.6 Å². The van der Waals surface area contributed by atoms with E-state index in [-0.39, 0.29) is 60.9 Å². The molecule has 4 rings (SSSR count). The van der Waals surface area contributed by atoms with Gasteiger partial charge in [0, 0.05) is 24.2 Å². The first-order valence-corrected chi connectivity index (χ1v) is 10.8. The van der Waals surface area contributed by atoms with Gasteiger partial charge in [-0.05, 0) is 28.1 Å². The monoisotopic (exact) mass is 590 g/mol. The van der Waals surface area contributed by atoms with Gasteiger partial charge < -0.3 is 30.1 Å². The quantitative estimate of drug-likeness (QED) is 0.213. The van der Waals surface area contributed by atoms with Crippen LogP contribution in [-0.4, -0.2) is 32.7 Å². The highest BCUT2D eigenvalue weighted by Crippen LogP contribution is 2.26. The van der Waals surface area contributed by atoms with Crippen molar-refractivity contribution in [1.82, 2.24) is 25.5 Å². The molecule has 0 atom stereocenters. The van der Waals surface area contributed by atoms with Crippen molar-refractivity contribution < 1.29 is 52.7 Å². The molecule has 0 aliphatic rings. The zero-order valence-electron chi connectivity index (χ0n) is 18.9. The van der Waals surface area contributed by atoms with Gasteiger partial charge in [-0.3, -0.25) is 10.1 Å². The first-order valence-electron chi connectivity index (χ1n) is 10.4. The molecule has 204 valence electrons. The van der Waals surface area contributed by atoms with Crippen LogP contribution in [0.4, 0.5) is 19.0 Å². The van der Waals surface area contributed by atoms with E-state index < -0.39 is 30.6 Å². The number of H-pyrrole nitrogens is 2. The number of halogens is 6. The number of pyridine rings is 2. The Morgan fingerprint density at radius 2 is 1.84 bits per heavy atom. The third kappa shape index (κ3) is 7.76. The summed E-state index contributed by atoms with van der Waals surface area (Å²) < 4.78 is 45.3. The van der Waals surface area contributed by atoms with E-state index in [0.717, 1.165) is 5.56 Å². The molecule has 9 nitrogen and oxygen atoms in total. The lowest BCUT2D eigenvalue weighted by atomic mass is 10.1. The van der Waals surface area contributed by atoms with E-state index in [4.69, 9.17) is 11.6 Å². The molecule has 3 aromatic heterocycles. The molecule has 1 amide bonds. The number of para-hydroxylation sites is 1. The summed E-state index contributed by atoms with van der Waals surface area (Å²) in [6, 6.07) is 11.4. The molecular formula is C23H24Cl3F3N8O. The molecule has 0 saturated carbocycles. The second kappa shape index (κ2) is 14.5. The largest absolute Gasteiger partial charge is 1.00 e. The van der Waals surface area contributed by atoms with Gasteiger partial charge in [-0.2, -0.15) is 13.2 Å². The van der Waals surface area contributed by atoms with Crippen LogP contribution in [0, 0.1) is 5.82 Å². The summed E-state index contributed by atoms with van der Waals surface area (Å²) in [6.45, 7) is -0.764. The first kappa shape index (κ1) is 32.5. The molecule has 4 aromatic rings. The number of carbonyl (C=O) groups excluding carboxylic acids is 1. The summed E-state index contributed by atoms with van der Waals surface area (Å²) in [5.41, 5.74) is 0.931. The second-order valence-corrected chi connectivity index (χ2v) is 7.88. The average Bonchev–Trinajstić information content (AvgIpc) is 3.40. The van der Waals surface area contributed by atoms with E-state index in [0.29, 0.717) is 5.69 Å². The zero-order valence-corrected chi connectivity index (χ0v) is 21.1. The average molecular weight is 592 g/mol. The SMILES string of the molecule is C.O=C(Cc1c(Cl)c[nH+]c(NCC(F)(F)c2cccc[nH+]2)c1F)NCc1ccccc1-n1cnnn1.[Cl-].[Cl-]. The molecule has 4 N–H and O–H groups in total. The van der Waals surface area contributed by atoms with E-state index in [1.165, 1.54) is 35.5 Å². The smallest absolute Gasteiger partial charge is 0.365 e. The van der Waals surface area contributed by atoms with Gasteiger partial charge in [-0.15, -0.1) is 5.10 Å². The maximum atomic E-state index is 15.0. The summed E-state index contributed by atoms with van der Waals surface area (Å²) in [6.07, 6.45) is 3.62. The molecule has 0 saturated heterocycles.